The van der Waals surface area contributed by atoms with Crippen molar-refractivity contribution in [3.63, 3.8) is 0 Å². The highest BCUT2D eigenvalue weighted by molar-refractivity contribution is 5.85. The highest BCUT2D eigenvalue weighted by Crippen LogP contribution is 2.08. The van der Waals surface area contributed by atoms with Crippen LogP contribution in [0.15, 0.2) is 48.5 Å². The third kappa shape index (κ3) is 5.91. The molecule has 0 heterocycles. The van der Waals surface area contributed by atoms with Crippen LogP contribution in [0.1, 0.15) is 18.1 Å². The molecule has 0 aliphatic carbocycles. The SMILES string of the molecule is CCN(CC(=O)NCc1ccc(F)cc1)C(=O)Cc1ccc(N)cc1. The number of nitrogen functional groups attached to an aromatic ring is 1. The second kappa shape index (κ2) is 8.82. The zero-order valence-corrected chi connectivity index (χ0v) is 14.2. The summed E-state index contributed by atoms with van der Waals surface area (Å²) in [5, 5.41) is 2.74. The van der Waals surface area contributed by atoms with Gasteiger partial charge in [0, 0.05) is 18.8 Å². The monoisotopic (exact) mass is 343 g/mol. The first-order valence-electron chi connectivity index (χ1n) is 8.11. The Morgan fingerprint density at radius 3 is 2.24 bits per heavy atom. The molecule has 2 aromatic carbocycles. The van der Waals surface area contributed by atoms with E-state index in [-0.39, 0.29) is 30.6 Å². The number of rotatable bonds is 7. The van der Waals surface area contributed by atoms with E-state index in [1.165, 1.54) is 17.0 Å². The Morgan fingerprint density at radius 2 is 1.64 bits per heavy atom. The lowest BCUT2D eigenvalue weighted by Gasteiger charge is -2.20. The predicted octanol–water partition coefficient (Wildman–Crippen LogP) is 2.12. The zero-order valence-electron chi connectivity index (χ0n) is 14.2. The van der Waals surface area contributed by atoms with Crippen molar-refractivity contribution in [3.05, 3.63) is 65.5 Å². The number of nitrogens with one attached hydrogen (secondary N) is 1. The summed E-state index contributed by atoms with van der Waals surface area (Å²) < 4.78 is 12.9. The van der Waals surface area contributed by atoms with E-state index < -0.39 is 0 Å². The van der Waals surface area contributed by atoms with Crippen LogP contribution in [-0.2, 0) is 22.6 Å². The highest BCUT2D eigenvalue weighted by Gasteiger charge is 2.15. The van der Waals surface area contributed by atoms with Gasteiger partial charge in [-0.05, 0) is 42.3 Å². The number of anilines is 1. The van der Waals surface area contributed by atoms with Crippen LogP contribution in [0.3, 0.4) is 0 Å². The van der Waals surface area contributed by atoms with E-state index in [1.54, 1.807) is 36.4 Å². The summed E-state index contributed by atoms with van der Waals surface area (Å²) in [7, 11) is 0. The minimum Gasteiger partial charge on any atom is -0.399 e. The lowest BCUT2D eigenvalue weighted by molar-refractivity contribution is -0.135. The number of nitrogens with two attached hydrogens (primary N) is 1. The minimum absolute atomic E-state index is 0.00843. The van der Waals surface area contributed by atoms with Gasteiger partial charge >= 0.3 is 0 Å². The van der Waals surface area contributed by atoms with Gasteiger partial charge in [0.25, 0.3) is 0 Å². The van der Waals surface area contributed by atoms with Crippen LogP contribution in [0, 0.1) is 5.82 Å². The Labute approximate surface area is 146 Å². The van der Waals surface area contributed by atoms with E-state index in [9.17, 15) is 14.0 Å². The molecule has 0 aliphatic rings. The van der Waals surface area contributed by atoms with Crippen LogP contribution >= 0.6 is 0 Å². The molecule has 0 fully saturated rings. The van der Waals surface area contributed by atoms with Gasteiger partial charge in [-0.25, -0.2) is 4.39 Å². The molecule has 0 bridgehead atoms. The van der Waals surface area contributed by atoms with Crippen molar-refractivity contribution in [2.24, 2.45) is 0 Å². The van der Waals surface area contributed by atoms with Gasteiger partial charge in [0.2, 0.25) is 11.8 Å². The van der Waals surface area contributed by atoms with Crippen LogP contribution in [0.25, 0.3) is 0 Å². The Balaban J connectivity index is 1.84. The molecule has 0 saturated carbocycles. The number of carbonyl (C=O) groups is 2. The summed E-state index contributed by atoms with van der Waals surface area (Å²) >= 11 is 0. The highest BCUT2D eigenvalue weighted by atomic mass is 19.1. The van der Waals surface area contributed by atoms with Crippen molar-refractivity contribution in [1.29, 1.82) is 0 Å². The fourth-order valence-electron chi connectivity index (χ4n) is 2.33. The molecule has 2 aromatic rings. The van der Waals surface area contributed by atoms with Gasteiger partial charge in [0.1, 0.15) is 5.82 Å². The van der Waals surface area contributed by atoms with Crippen LogP contribution in [-0.4, -0.2) is 29.8 Å². The van der Waals surface area contributed by atoms with Gasteiger partial charge in [-0.2, -0.15) is 0 Å². The third-order valence-electron chi connectivity index (χ3n) is 3.81. The van der Waals surface area contributed by atoms with Crippen molar-refractivity contribution in [2.75, 3.05) is 18.8 Å². The van der Waals surface area contributed by atoms with E-state index in [0.717, 1.165) is 11.1 Å². The van der Waals surface area contributed by atoms with Crippen LogP contribution < -0.4 is 11.1 Å². The van der Waals surface area contributed by atoms with E-state index in [0.29, 0.717) is 18.8 Å². The van der Waals surface area contributed by atoms with Gasteiger partial charge in [0.15, 0.2) is 0 Å². The van der Waals surface area contributed by atoms with Crippen LogP contribution in [0.5, 0.6) is 0 Å². The third-order valence-corrected chi connectivity index (χ3v) is 3.81. The van der Waals surface area contributed by atoms with Crippen LogP contribution in [0.2, 0.25) is 0 Å². The fourth-order valence-corrected chi connectivity index (χ4v) is 2.33. The maximum atomic E-state index is 12.9. The van der Waals surface area contributed by atoms with E-state index >= 15 is 0 Å². The molecule has 2 rings (SSSR count). The first-order chi connectivity index (χ1) is 12.0. The topological polar surface area (TPSA) is 75.4 Å². The van der Waals surface area contributed by atoms with Crippen molar-refractivity contribution in [2.45, 2.75) is 19.9 Å². The maximum Gasteiger partial charge on any atom is 0.239 e. The maximum absolute atomic E-state index is 12.9. The Hall–Kier alpha value is -2.89. The molecule has 5 nitrogen and oxygen atoms in total. The number of hydrogen-bond acceptors (Lipinski definition) is 3. The van der Waals surface area contributed by atoms with E-state index in [1.807, 2.05) is 6.92 Å². The van der Waals surface area contributed by atoms with Gasteiger partial charge in [-0.15, -0.1) is 0 Å². The van der Waals surface area contributed by atoms with Gasteiger partial charge in [0.05, 0.1) is 13.0 Å². The van der Waals surface area contributed by atoms with Crippen molar-refractivity contribution < 1.29 is 14.0 Å². The van der Waals surface area contributed by atoms with Crippen molar-refractivity contribution >= 4 is 17.5 Å². The Morgan fingerprint density at radius 1 is 1.04 bits per heavy atom. The van der Waals surface area contributed by atoms with Crippen LogP contribution in [0.4, 0.5) is 10.1 Å². The molecule has 0 aromatic heterocycles. The number of likely N-dealkylation sites (N-methyl/N-ethyl adjacent to an activating group) is 1. The quantitative estimate of drug-likeness (QED) is 0.756. The summed E-state index contributed by atoms with van der Waals surface area (Å²) in [4.78, 5) is 25.9. The molecule has 0 spiro atoms. The summed E-state index contributed by atoms with van der Waals surface area (Å²) in [6.07, 6.45) is 0.222. The summed E-state index contributed by atoms with van der Waals surface area (Å²) in [6.45, 7) is 2.56. The van der Waals surface area contributed by atoms with Crippen molar-refractivity contribution in [1.82, 2.24) is 10.2 Å². The lowest BCUT2D eigenvalue weighted by atomic mass is 10.1. The molecule has 3 N–H and O–H groups in total. The molecule has 0 unspecified atom stereocenters. The first kappa shape index (κ1) is 18.4. The zero-order chi connectivity index (χ0) is 18.2. The number of carbonyl (C=O) groups excluding carboxylic acids is 2. The number of amides is 2. The number of halogens is 1. The standard InChI is InChI=1S/C19H22FN3O2/c1-2-23(19(25)11-14-5-9-17(21)10-6-14)13-18(24)22-12-15-3-7-16(20)8-4-15/h3-10H,2,11-13,21H2,1H3,(H,22,24). The average molecular weight is 343 g/mol. The van der Waals surface area contributed by atoms with E-state index in [4.69, 9.17) is 5.73 Å². The number of benzene rings is 2. The van der Waals surface area contributed by atoms with Crippen molar-refractivity contribution in [3.8, 4) is 0 Å². The summed E-state index contributed by atoms with van der Waals surface area (Å²) in [5.74, 6) is -0.693. The molecule has 132 valence electrons. The molecular weight excluding hydrogens is 321 g/mol. The second-order valence-corrected chi connectivity index (χ2v) is 5.73. The van der Waals surface area contributed by atoms with Gasteiger partial charge < -0.3 is 16.0 Å². The number of hydrogen-bond donors (Lipinski definition) is 2. The number of nitrogens with zero attached hydrogens (tertiary/aromatic N) is 1. The average Bonchev–Trinajstić information content (AvgIpc) is 2.61. The first-order valence-corrected chi connectivity index (χ1v) is 8.11. The second-order valence-electron chi connectivity index (χ2n) is 5.73. The normalized spacial score (nSPS) is 10.3. The molecule has 0 atom stereocenters. The summed E-state index contributed by atoms with van der Waals surface area (Å²) in [5.41, 5.74) is 7.92. The van der Waals surface area contributed by atoms with Gasteiger partial charge in [-0.1, -0.05) is 24.3 Å². The molecule has 2 amide bonds. The smallest absolute Gasteiger partial charge is 0.239 e. The molecule has 0 aliphatic heterocycles. The molecular formula is C19H22FN3O2. The van der Waals surface area contributed by atoms with Gasteiger partial charge in [-0.3, -0.25) is 9.59 Å². The molecule has 25 heavy (non-hydrogen) atoms. The predicted molar refractivity (Wildman–Crippen MR) is 95.1 cm³/mol. The van der Waals surface area contributed by atoms with E-state index in [2.05, 4.69) is 5.32 Å². The summed E-state index contributed by atoms with van der Waals surface area (Å²) in [6, 6.07) is 13.0. The Bertz CT molecular complexity index is 714. The lowest BCUT2D eigenvalue weighted by Crippen LogP contribution is -2.41. The molecule has 0 saturated heterocycles. The molecule has 0 radical (unpaired) electrons. The minimum atomic E-state index is -0.319. The fraction of sp³-hybridized carbons (Fsp3) is 0.263. The largest absolute Gasteiger partial charge is 0.399 e. The molecule has 6 heteroatoms. The Kier molecular flexibility index (Phi) is 6.51.